The number of aliphatic hydroxyl groups excluding tert-OH is 2. The third kappa shape index (κ3) is 2.51. The van der Waals surface area contributed by atoms with Crippen LogP contribution in [0.15, 0.2) is 42.9 Å². The van der Waals surface area contributed by atoms with Crippen molar-refractivity contribution in [1.82, 2.24) is 14.9 Å². The fourth-order valence-electron chi connectivity index (χ4n) is 3.03. The zero-order chi connectivity index (χ0) is 15.6. The molecule has 6 heteroatoms. The summed E-state index contributed by atoms with van der Waals surface area (Å²) in [4.78, 5) is 20.6. The highest BCUT2D eigenvalue weighted by Gasteiger charge is 2.42. The van der Waals surface area contributed by atoms with Crippen LogP contribution in [0.5, 0.6) is 0 Å². The number of hydrogen-bond acceptors (Lipinski definition) is 4. The predicted octanol–water partition coefficient (Wildman–Crippen LogP) is 0.606. The van der Waals surface area contributed by atoms with Crippen LogP contribution in [0.2, 0.25) is 0 Å². The Morgan fingerprint density at radius 3 is 2.82 bits per heavy atom. The number of aromatic amines is 1. The highest BCUT2D eigenvalue weighted by Crippen LogP contribution is 2.35. The van der Waals surface area contributed by atoms with Gasteiger partial charge in [0.05, 0.1) is 24.8 Å². The van der Waals surface area contributed by atoms with Gasteiger partial charge < -0.3 is 20.1 Å². The van der Waals surface area contributed by atoms with Gasteiger partial charge >= 0.3 is 0 Å². The minimum Gasteiger partial charge on any atom is -0.395 e. The molecule has 3 N–H and O–H groups in total. The first-order chi connectivity index (χ1) is 10.7. The molecule has 116 valence electrons. The van der Waals surface area contributed by atoms with Crippen LogP contribution in [0, 0.1) is 0 Å². The summed E-state index contributed by atoms with van der Waals surface area (Å²) in [6.45, 7) is 0.887. The van der Waals surface area contributed by atoms with E-state index < -0.39 is 11.5 Å². The number of hydrogen-bond donors (Lipinski definition) is 3. The van der Waals surface area contributed by atoms with E-state index in [1.807, 2.05) is 30.3 Å². The Hall–Kier alpha value is -2.18. The molecule has 0 spiro atoms. The largest absolute Gasteiger partial charge is 0.395 e. The molecule has 2 atom stereocenters. The minimum atomic E-state index is -1.24. The van der Waals surface area contributed by atoms with E-state index in [1.54, 1.807) is 4.90 Å². The molecule has 2 aromatic rings. The Bertz CT molecular complexity index is 629. The number of imidazole rings is 1. The van der Waals surface area contributed by atoms with E-state index in [4.69, 9.17) is 0 Å². The molecule has 0 radical (unpaired) electrons. The number of likely N-dealkylation sites (tertiary alicyclic amines) is 1. The summed E-state index contributed by atoms with van der Waals surface area (Å²) >= 11 is 0. The van der Waals surface area contributed by atoms with E-state index in [9.17, 15) is 15.0 Å². The third-order valence-corrected chi connectivity index (χ3v) is 4.40. The number of H-pyrrole nitrogens is 1. The van der Waals surface area contributed by atoms with Crippen LogP contribution in [0.4, 0.5) is 0 Å². The zero-order valence-corrected chi connectivity index (χ0v) is 12.1. The van der Waals surface area contributed by atoms with E-state index in [0.29, 0.717) is 25.2 Å². The maximum atomic E-state index is 12.4. The standard InChI is InChI=1S/C16H19N3O3/c20-10-16(12-4-2-1-3-5-12)6-7-19(9-16)15(22)14(21)13-8-17-11-18-13/h1-5,8,11,14,20-21H,6-7,9-10H2,(H,17,18). The SMILES string of the molecule is O=C(C(O)c1cnc[nH]1)N1CCC(CO)(c2ccccc2)C1. The molecule has 3 rings (SSSR count). The average Bonchev–Trinajstić information content (AvgIpc) is 3.24. The number of carbonyl (C=O) groups excluding carboxylic acids is 1. The lowest BCUT2D eigenvalue weighted by Crippen LogP contribution is -2.39. The molecule has 2 unspecified atom stereocenters. The van der Waals surface area contributed by atoms with Crippen molar-refractivity contribution in [3.8, 4) is 0 Å². The first-order valence-corrected chi connectivity index (χ1v) is 7.28. The molecule has 1 aliphatic rings. The molecule has 0 aliphatic carbocycles. The Morgan fingerprint density at radius 2 is 2.18 bits per heavy atom. The van der Waals surface area contributed by atoms with Gasteiger partial charge in [-0.3, -0.25) is 4.79 Å². The fourth-order valence-corrected chi connectivity index (χ4v) is 3.03. The maximum Gasteiger partial charge on any atom is 0.257 e. The lowest BCUT2D eigenvalue weighted by Gasteiger charge is -2.28. The van der Waals surface area contributed by atoms with Crippen molar-refractivity contribution < 1.29 is 15.0 Å². The van der Waals surface area contributed by atoms with Gasteiger partial charge in [-0.2, -0.15) is 0 Å². The molecule has 1 aromatic heterocycles. The number of benzene rings is 1. The van der Waals surface area contributed by atoms with Crippen molar-refractivity contribution in [2.75, 3.05) is 19.7 Å². The van der Waals surface area contributed by atoms with Crippen molar-refractivity contribution in [3.63, 3.8) is 0 Å². The molecule has 1 fully saturated rings. The Morgan fingerprint density at radius 1 is 1.41 bits per heavy atom. The van der Waals surface area contributed by atoms with E-state index in [1.165, 1.54) is 12.5 Å². The number of rotatable bonds is 4. The van der Waals surface area contributed by atoms with Crippen molar-refractivity contribution in [2.45, 2.75) is 17.9 Å². The second-order valence-corrected chi connectivity index (χ2v) is 5.72. The first-order valence-electron chi connectivity index (χ1n) is 7.28. The van der Waals surface area contributed by atoms with Crippen LogP contribution in [0.1, 0.15) is 23.8 Å². The van der Waals surface area contributed by atoms with Gasteiger partial charge in [-0.1, -0.05) is 30.3 Å². The summed E-state index contributed by atoms with van der Waals surface area (Å²) in [7, 11) is 0. The molecular weight excluding hydrogens is 282 g/mol. The molecule has 22 heavy (non-hydrogen) atoms. The van der Waals surface area contributed by atoms with Gasteiger partial charge in [0.15, 0.2) is 6.10 Å². The quantitative estimate of drug-likeness (QED) is 0.772. The fraction of sp³-hybridized carbons (Fsp3) is 0.375. The number of nitrogens with one attached hydrogen (secondary N) is 1. The Balaban J connectivity index is 1.77. The molecule has 1 aliphatic heterocycles. The van der Waals surface area contributed by atoms with Crippen LogP contribution in [-0.4, -0.2) is 50.7 Å². The molecule has 1 aromatic carbocycles. The van der Waals surface area contributed by atoms with Crippen LogP contribution in [-0.2, 0) is 10.2 Å². The summed E-state index contributed by atoms with van der Waals surface area (Å²) in [6.07, 6.45) is 2.30. The van der Waals surface area contributed by atoms with Crippen molar-refractivity contribution in [3.05, 3.63) is 54.1 Å². The Labute approximate surface area is 128 Å². The van der Waals surface area contributed by atoms with E-state index >= 15 is 0 Å². The lowest BCUT2D eigenvalue weighted by molar-refractivity contribution is -0.139. The first kappa shape index (κ1) is 14.7. The number of carbonyl (C=O) groups is 1. The topological polar surface area (TPSA) is 89.4 Å². The van der Waals surface area contributed by atoms with E-state index in [-0.39, 0.29) is 12.5 Å². The number of nitrogens with zero attached hydrogens (tertiary/aromatic N) is 2. The highest BCUT2D eigenvalue weighted by atomic mass is 16.3. The van der Waals surface area contributed by atoms with Gasteiger partial charge in [-0.15, -0.1) is 0 Å². The molecule has 2 heterocycles. The van der Waals surface area contributed by atoms with Gasteiger partial charge in [-0.25, -0.2) is 4.98 Å². The molecule has 0 saturated carbocycles. The summed E-state index contributed by atoms with van der Waals surface area (Å²) in [5.41, 5.74) is 0.944. The molecule has 1 saturated heterocycles. The monoisotopic (exact) mass is 301 g/mol. The highest BCUT2D eigenvalue weighted by molar-refractivity contribution is 5.82. The van der Waals surface area contributed by atoms with Gasteiger partial charge in [0.2, 0.25) is 0 Å². The Kier molecular flexibility index (Phi) is 3.96. The number of amides is 1. The lowest BCUT2D eigenvalue weighted by atomic mass is 9.80. The second kappa shape index (κ2) is 5.90. The summed E-state index contributed by atoms with van der Waals surface area (Å²) in [5.74, 6) is -0.365. The third-order valence-electron chi connectivity index (χ3n) is 4.40. The predicted molar refractivity (Wildman–Crippen MR) is 80.0 cm³/mol. The van der Waals surface area contributed by atoms with Gasteiger partial charge in [0.25, 0.3) is 5.91 Å². The minimum absolute atomic E-state index is 0.0268. The van der Waals surface area contributed by atoms with Crippen molar-refractivity contribution in [2.24, 2.45) is 0 Å². The zero-order valence-electron chi connectivity index (χ0n) is 12.1. The van der Waals surface area contributed by atoms with Crippen molar-refractivity contribution >= 4 is 5.91 Å². The summed E-state index contributed by atoms with van der Waals surface area (Å²) in [6, 6.07) is 9.72. The van der Waals surface area contributed by atoms with Gasteiger partial charge in [0, 0.05) is 18.5 Å². The van der Waals surface area contributed by atoms with Crippen LogP contribution in [0.25, 0.3) is 0 Å². The second-order valence-electron chi connectivity index (χ2n) is 5.72. The number of aliphatic hydroxyl groups is 2. The van der Waals surface area contributed by atoms with Gasteiger partial charge in [0.1, 0.15) is 0 Å². The molecular formula is C16H19N3O3. The van der Waals surface area contributed by atoms with E-state index in [2.05, 4.69) is 9.97 Å². The number of aromatic nitrogens is 2. The van der Waals surface area contributed by atoms with Crippen LogP contribution in [0.3, 0.4) is 0 Å². The van der Waals surface area contributed by atoms with Crippen LogP contribution < -0.4 is 0 Å². The van der Waals surface area contributed by atoms with Crippen molar-refractivity contribution in [1.29, 1.82) is 0 Å². The molecule has 1 amide bonds. The van der Waals surface area contributed by atoms with Crippen LogP contribution >= 0.6 is 0 Å². The molecule has 0 bridgehead atoms. The summed E-state index contributed by atoms with van der Waals surface area (Å²) < 4.78 is 0. The van der Waals surface area contributed by atoms with E-state index in [0.717, 1.165) is 5.56 Å². The average molecular weight is 301 g/mol. The normalized spacial score (nSPS) is 22.7. The maximum absolute atomic E-state index is 12.4. The summed E-state index contributed by atoms with van der Waals surface area (Å²) in [5, 5.41) is 20.0. The van der Waals surface area contributed by atoms with Gasteiger partial charge in [-0.05, 0) is 12.0 Å². The molecule has 6 nitrogen and oxygen atoms in total. The smallest absolute Gasteiger partial charge is 0.257 e.